The molecule has 1 aromatic carbocycles. The lowest BCUT2D eigenvalue weighted by Gasteiger charge is -2.25. The molecule has 8 heteroatoms. The molecule has 0 saturated carbocycles. The normalized spacial score (nSPS) is 14.3. The van der Waals surface area contributed by atoms with Crippen molar-refractivity contribution in [2.24, 2.45) is 0 Å². The molecule has 0 N–H and O–H groups in total. The summed E-state index contributed by atoms with van der Waals surface area (Å²) in [6, 6.07) is 2.67. The van der Waals surface area contributed by atoms with Gasteiger partial charge in [-0.05, 0) is 46.2 Å². The number of carbonyl (C=O) groups excluding carboxylic acids is 4. The van der Waals surface area contributed by atoms with E-state index in [0.717, 1.165) is 0 Å². The molecule has 1 heterocycles. The van der Waals surface area contributed by atoms with Gasteiger partial charge in [0.05, 0.1) is 12.6 Å². The molecule has 0 radical (unpaired) electrons. The lowest BCUT2D eigenvalue weighted by atomic mass is 10.0. The number of Topliss-reactive ketones (excluding diaryl/α,β-unsaturated/α-hetero) is 2. The molecule has 0 aliphatic carbocycles. The molecule has 2 rings (SSSR count). The van der Waals surface area contributed by atoms with Crippen molar-refractivity contribution in [3.8, 4) is 5.75 Å². The SMILES string of the molecule is CCC(=O)CCC(C(C)=O)N1Cc2c(OCC(=O)OC(C)(C)C)cc(Br)cc2C1=O. The van der Waals surface area contributed by atoms with E-state index in [1.165, 1.54) is 11.8 Å². The van der Waals surface area contributed by atoms with Crippen molar-refractivity contribution >= 4 is 39.4 Å². The van der Waals surface area contributed by atoms with Gasteiger partial charge in [-0.3, -0.25) is 14.4 Å². The second-order valence-corrected chi connectivity index (χ2v) is 9.21. The van der Waals surface area contributed by atoms with E-state index in [-0.39, 0.29) is 43.5 Å². The number of halogens is 1. The van der Waals surface area contributed by atoms with Crippen LogP contribution in [0.25, 0.3) is 0 Å². The average Bonchev–Trinajstić information content (AvgIpc) is 2.95. The molecule has 1 unspecified atom stereocenters. The summed E-state index contributed by atoms with van der Waals surface area (Å²) in [5.74, 6) is -0.549. The van der Waals surface area contributed by atoms with Crippen LogP contribution in [0.5, 0.6) is 5.75 Å². The maximum absolute atomic E-state index is 13.0. The smallest absolute Gasteiger partial charge is 0.344 e. The largest absolute Gasteiger partial charge is 0.481 e. The molecule has 0 aromatic heterocycles. The molecule has 164 valence electrons. The third-order valence-corrected chi connectivity index (χ3v) is 5.15. The maximum Gasteiger partial charge on any atom is 0.344 e. The Morgan fingerprint density at radius 3 is 2.47 bits per heavy atom. The monoisotopic (exact) mass is 481 g/mol. The average molecular weight is 482 g/mol. The molecule has 0 spiro atoms. The number of benzene rings is 1. The number of fused-ring (bicyclic) bond motifs is 1. The van der Waals surface area contributed by atoms with E-state index in [2.05, 4.69) is 15.9 Å². The van der Waals surface area contributed by atoms with Crippen molar-refractivity contribution in [3.05, 3.63) is 27.7 Å². The molecule has 30 heavy (non-hydrogen) atoms. The van der Waals surface area contributed by atoms with Crippen molar-refractivity contribution in [3.63, 3.8) is 0 Å². The first kappa shape index (κ1) is 24.1. The van der Waals surface area contributed by atoms with E-state index in [4.69, 9.17) is 9.47 Å². The van der Waals surface area contributed by atoms with Gasteiger partial charge in [-0.2, -0.15) is 0 Å². The Morgan fingerprint density at radius 2 is 1.90 bits per heavy atom. The first-order valence-corrected chi connectivity index (χ1v) is 10.7. The predicted molar refractivity (Wildman–Crippen MR) is 114 cm³/mol. The van der Waals surface area contributed by atoms with E-state index in [0.29, 0.717) is 27.8 Å². The van der Waals surface area contributed by atoms with Crippen molar-refractivity contribution in [2.45, 2.75) is 72.1 Å². The van der Waals surface area contributed by atoms with Crippen molar-refractivity contribution < 1.29 is 28.7 Å². The van der Waals surface area contributed by atoms with Gasteiger partial charge in [0.1, 0.15) is 17.1 Å². The Kier molecular flexibility index (Phi) is 7.80. The van der Waals surface area contributed by atoms with Gasteiger partial charge in [0, 0.05) is 28.4 Å². The summed E-state index contributed by atoms with van der Waals surface area (Å²) in [5.41, 5.74) is 0.397. The molecule has 0 saturated heterocycles. The summed E-state index contributed by atoms with van der Waals surface area (Å²) >= 11 is 3.37. The minimum absolute atomic E-state index is 0.0505. The van der Waals surface area contributed by atoms with Gasteiger partial charge in [0.15, 0.2) is 12.4 Å². The molecule has 1 amide bonds. The Morgan fingerprint density at radius 1 is 1.23 bits per heavy atom. The Balaban J connectivity index is 2.22. The number of carbonyl (C=O) groups is 4. The van der Waals surface area contributed by atoms with Crippen LogP contribution in [0.1, 0.15) is 69.8 Å². The summed E-state index contributed by atoms with van der Waals surface area (Å²) in [4.78, 5) is 50.4. The zero-order valence-electron chi connectivity index (χ0n) is 18.0. The third kappa shape index (κ3) is 6.14. The highest BCUT2D eigenvalue weighted by molar-refractivity contribution is 9.10. The lowest BCUT2D eigenvalue weighted by molar-refractivity contribution is -0.157. The lowest BCUT2D eigenvalue weighted by Crippen LogP contribution is -2.40. The molecule has 1 aromatic rings. The number of hydrogen-bond acceptors (Lipinski definition) is 6. The van der Waals surface area contributed by atoms with Crippen LogP contribution in [0.4, 0.5) is 0 Å². The summed E-state index contributed by atoms with van der Waals surface area (Å²) in [7, 11) is 0. The van der Waals surface area contributed by atoms with E-state index >= 15 is 0 Å². The van der Waals surface area contributed by atoms with Crippen molar-refractivity contribution in [2.75, 3.05) is 6.61 Å². The molecule has 0 fully saturated rings. The van der Waals surface area contributed by atoms with Gasteiger partial charge in [0.25, 0.3) is 5.91 Å². The van der Waals surface area contributed by atoms with Gasteiger partial charge < -0.3 is 14.4 Å². The fourth-order valence-electron chi connectivity index (χ4n) is 3.30. The first-order valence-electron chi connectivity index (χ1n) is 9.93. The summed E-state index contributed by atoms with van der Waals surface area (Å²) in [6.45, 7) is 8.38. The second kappa shape index (κ2) is 9.73. The number of esters is 1. The molecule has 0 bridgehead atoms. The van der Waals surface area contributed by atoms with E-state index in [1.54, 1.807) is 39.8 Å². The second-order valence-electron chi connectivity index (χ2n) is 8.30. The molecule has 1 aliphatic heterocycles. The van der Waals surface area contributed by atoms with Gasteiger partial charge in [0.2, 0.25) is 0 Å². The summed E-state index contributed by atoms with van der Waals surface area (Å²) < 4.78 is 11.5. The predicted octanol–water partition coefficient (Wildman–Crippen LogP) is 3.84. The summed E-state index contributed by atoms with van der Waals surface area (Å²) in [6.07, 6.45) is 0.929. The maximum atomic E-state index is 13.0. The van der Waals surface area contributed by atoms with Crippen molar-refractivity contribution in [1.82, 2.24) is 4.90 Å². The van der Waals surface area contributed by atoms with Crippen LogP contribution in [0.3, 0.4) is 0 Å². The van der Waals surface area contributed by atoms with Crippen molar-refractivity contribution in [1.29, 1.82) is 0 Å². The highest BCUT2D eigenvalue weighted by Gasteiger charge is 2.37. The van der Waals surface area contributed by atoms with E-state index < -0.39 is 17.6 Å². The Labute approximate surface area is 185 Å². The highest BCUT2D eigenvalue weighted by atomic mass is 79.9. The van der Waals surface area contributed by atoms with Gasteiger partial charge in [-0.15, -0.1) is 0 Å². The molecule has 1 atom stereocenters. The van der Waals surface area contributed by atoms with E-state index in [9.17, 15) is 19.2 Å². The standard InChI is InChI=1S/C22H28BrNO6/c1-6-15(26)7-8-18(13(2)25)24-11-17-16(21(24)28)9-14(23)10-19(17)29-12-20(27)30-22(3,4)5/h9-10,18H,6-8,11-12H2,1-5H3. The van der Waals surface area contributed by atoms with Crippen LogP contribution < -0.4 is 4.74 Å². The Hall–Kier alpha value is -2.22. The van der Waals surface area contributed by atoms with Crippen LogP contribution >= 0.6 is 15.9 Å². The summed E-state index contributed by atoms with van der Waals surface area (Å²) in [5, 5.41) is 0. The highest BCUT2D eigenvalue weighted by Crippen LogP contribution is 2.36. The minimum Gasteiger partial charge on any atom is -0.481 e. The zero-order chi connectivity index (χ0) is 22.6. The zero-order valence-corrected chi connectivity index (χ0v) is 19.6. The minimum atomic E-state index is -0.683. The number of amides is 1. The molecular weight excluding hydrogens is 454 g/mol. The molecular formula is C22H28BrNO6. The number of ether oxygens (including phenoxy) is 2. The fourth-order valence-corrected chi connectivity index (χ4v) is 3.74. The van der Waals surface area contributed by atoms with Gasteiger partial charge in [-0.1, -0.05) is 22.9 Å². The first-order chi connectivity index (χ1) is 13.9. The van der Waals surface area contributed by atoms with Crippen LogP contribution in [0, 0.1) is 0 Å². The number of ketones is 2. The van der Waals surface area contributed by atoms with Crippen LogP contribution in [0.15, 0.2) is 16.6 Å². The molecule has 7 nitrogen and oxygen atoms in total. The quantitative estimate of drug-likeness (QED) is 0.497. The van der Waals surface area contributed by atoms with Crippen LogP contribution in [-0.4, -0.2) is 46.6 Å². The topological polar surface area (TPSA) is 90.0 Å². The van der Waals surface area contributed by atoms with Gasteiger partial charge in [-0.25, -0.2) is 4.79 Å². The van der Waals surface area contributed by atoms with Crippen LogP contribution in [-0.2, 0) is 25.7 Å². The third-order valence-electron chi connectivity index (χ3n) is 4.70. The number of nitrogens with zero attached hydrogens (tertiary/aromatic N) is 1. The number of hydrogen-bond donors (Lipinski definition) is 0. The number of rotatable bonds is 9. The fraction of sp³-hybridized carbons (Fsp3) is 0.545. The molecule has 1 aliphatic rings. The Bertz CT molecular complexity index is 858. The van der Waals surface area contributed by atoms with Crippen LogP contribution in [0.2, 0.25) is 0 Å². The van der Waals surface area contributed by atoms with E-state index in [1.807, 2.05) is 0 Å². The van der Waals surface area contributed by atoms with Gasteiger partial charge >= 0.3 is 5.97 Å².